The van der Waals surface area contributed by atoms with Gasteiger partial charge in [-0.15, -0.1) is 0 Å². The largest absolute Gasteiger partial charge is 0.477 e. The minimum absolute atomic E-state index is 0.0531. The van der Waals surface area contributed by atoms with Crippen LogP contribution in [0.25, 0.3) is 0 Å². The first kappa shape index (κ1) is 54.3. The fraction of sp³-hybridized carbons (Fsp3) is 0.776. The lowest BCUT2D eigenvalue weighted by Crippen LogP contribution is -2.50. The van der Waals surface area contributed by atoms with Gasteiger partial charge in [-0.25, -0.2) is 4.79 Å². The Morgan fingerprint density at radius 3 is 1.49 bits per heavy atom. The summed E-state index contributed by atoms with van der Waals surface area (Å²) < 4.78 is 17.3. The molecule has 57 heavy (non-hydrogen) atoms. The molecule has 0 aromatic heterocycles. The van der Waals surface area contributed by atoms with Crippen molar-refractivity contribution in [3.8, 4) is 0 Å². The number of aliphatic carboxylic acids is 1. The van der Waals surface area contributed by atoms with Crippen LogP contribution in [0.4, 0.5) is 0 Å². The number of carboxylic acid groups (broad SMARTS) is 1. The van der Waals surface area contributed by atoms with E-state index in [1.807, 2.05) is 21.1 Å². The van der Waals surface area contributed by atoms with Crippen LogP contribution in [0.2, 0.25) is 0 Å². The Morgan fingerprint density at radius 2 is 1.00 bits per heavy atom. The maximum atomic E-state index is 12.7. The summed E-state index contributed by atoms with van der Waals surface area (Å²) in [6.07, 6.45) is 47.2. The third-order valence-electron chi connectivity index (χ3n) is 10.3. The lowest BCUT2D eigenvalue weighted by atomic mass is 10.1. The number of unbranched alkanes of at least 4 members (excludes halogenated alkanes) is 21. The number of ether oxygens (including phenoxy) is 3. The zero-order valence-electron chi connectivity index (χ0n) is 37.5. The number of carboxylic acids is 1. The molecule has 0 spiro atoms. The van der Waals surface area contributed by atoms with Crippen molar-refractivity contribution < 1.29 is 38.2 Å². The van der Waals surface area contributed by atoms with Gasteiger partial charge < -0.3 is 23.8 Å². The monoisotopic (exact) mass is 803 g/mol. The van der Waals surface area contributed by atoms with Gasteiger partial charge in [-0.2, -0.15) is 0 Å². The van der Waals surface area contributed by atoms with E-state index in [2.05, 4.69) is 62.5 Å². The minimum Gasteiger partial charge on any atom is -0.477 e. The van der Waals surface area contributed by atoms with Gasteiger partial charge in [-0.1, -0.05) is 165 Å². The topological polar surface area (TPSA) is 99.1 Å². The molecule has 0 rings (SSSR count). The van der Waals surface area contributed by atoms with Crippen molar-refractivity contribution >= 4 is 17.9 Å². The van der Waals surface area contributed by atoms with Crippen molar-refractivity contribution in [1.82, 2.24) is 0 Å². The van der Waals surface area contributed by atoms with E-state index in [1.165, 1.54) is 89.9 Å². The molecule has 1 N–H and O–H groups in total. The number of quaternary nitrogens is 1. The lowest BCUT2D eigenvalue weighted by Gasteiger charge is -2.31. The predicted molar refractivity (Wildman–Crippen MR) is 238 cm³/mol. The summed E-state index contributed by atoms with van der Waals surface area (Å²) in [6, 6.07) is -0.619. The molecule has 8 heteroatoms. The quantitative estimate of drug-likeness (QED) is 0.0216. The second-order valence-electron chi connectivity index (χ2n) is 16.7. The van der Waals surface area contributed by atoms with Gasteiger partial charge in [0, 0.05) is 19.3 Å². The molecule has 2 unspecified atom stereocenters. The molecule has 0 bridgehead atoms. The summed E-state index contributed by atoms with van der Waals surface area (Å²) in [7, 11) is 5.52. The van der Waals surface area contributed by atoms with Crippen molar-refractivity contribution in [2.75, 3.05) is 41.0 Å². The highest BCUT2D eigenvalue weighted by Gasteiger charge is 2.31. The number of hydrogen-bond donors (Lipinski definition) is 1. The Morgan fingerprint density at radius 1 is 0.544 bits per heavy atom. The van der Waals surface area contributed by atoms with E-state index in [0.29, 0.717) is 19.3 Å². The Kier molecular flexibility index (Phi) is 38.2. The molecule has 0 saturated heterocycles. The van der Waals surface area contributed by atoms with Gasteiger partial charge in [-0.3, -0.25) is 9.59 Å². The summed E-state index contributed by atoms with van der Waals surface area (Å²) in [4.78, 5) is 37.0. The first-order valence-electron chi connectivity index (χ1n) is 23.2. The second kappa shape index (κ2) is 40.1. The molecule has 0 radical (unpaired) electrons. The SMILES string of the molecule is CC/C=C/C=C/C=C/CCCCCCCCCC(=O)OC(COCCC(C(=O)O)[N+](C)(C)C)COC(=O)CCCCCCC/C=C/CCCCCCCCCCC. The lowest BCUT2D eigenvalue weighted by molar-refractivity contribution is -0.887. The number of carbonyl (C=O) groups excluding carboxylic acids is 2. The Labute approximate surface area is 350 Å². The molecule has 0 aliphatic carbocycles. The van der Waals surface area contributed by atoms with Gasteiger partial charge in [0.05, 0.1) is 34.4 Å². The summed E-state index contributed by atoms with van der Waals surface area (Å²) in [5.41, 5.74) is 0. The molecule has 0 aliphatic heterocycles. The number of likely N-dealkylation sites (N-methyl/N-ethyl adjacent to an activating group) is 1. The average molecular weight is 803 g/mol. The van der Waals surface area contributed by atoms with Gasteiger partial charge >= 0.3 is 17.9 Å². The third kappa shape index (κ3) is 38.6. The zero-order chi connectivity index (χ0) is 42.1. The van der Waals surface area contributed by atoms with Gasteiger partial charge in [-0.05, 0) is 57.8 Å². The van der Waals surface area contributed by atoms with Crippen LogP contribution in [0.1, 0.15) is 194 Å². The summed E-state index contributed by atoms with van der Waals surface area (Å²) in [5.74, 6) is -1.49. The number of carbonyl (C=O) groups is 3. The summed E-state index contributed by atoms with van der Waals surface area (Å²) in [5, 5.41) is 9.63. The Hall–Kier alpha value is -2.71. The van der Waals surface area contributed by atoms with Crippen LogP contribution < -0.4 is 0 Å². The van der Waals surface area contributed by atoms with E-state index in [4.69, 9.17) is 14.2 Å². The van der Waals surface area contributed by atoms with Crippen LogP contribution in [-0.4, -0.2) is 80.6 Å². The van der Waals surface area contributed by atoms with E-state index in [-0.39, 0.29) is 36.2 Å². The average Bonchev–Trinajstić information content (AvgIpc) is 3.17. The first-order valence-corrected chi connectivity index (χ1v) is 23.2. The van der Waals surface area contributed by atoms with Crippen molar-refractivity contribution in [1.29, 1.82) is 0 Å². The molecular weight excluding hydrogens is 715 g/mol. The fourth-order valence-electron chi connectivity index (χ4n) is 6.67. The van der Waals surface area contributed by atoms with E-state index in [9.17, 15) is 19.5 Å². The predicted octanol–water partition coefficient (Wildman–Crippen LogP) is 12.8. The molecule has 0 amide bonds. The fourth-order valence-corrected chi connectivity index (χ4v) is 6.67. The Balaban J connectivity index is 4.32. The number of allylic oxidation sites excluding steroid dienone is 8. The third-order valence-corrected chi connectivity index (χ3v) is 10.3. The van der Waals surface area contributed by atoms with E-state index in [0.717, 1.165) is 70.6 Å². The highest BCUT2D eigenvalue weighted by atomic mass is 16.6. The maximum absolute atomic E-state index is 12.7. The molecule has 0 aromatic carbocycles. The molecule has 0 aliphatic rings. The van der Waals surface area contributed by atoms with Gasteiger partial charge in [0.1, 0.15) is 6.61 Å². The van der Waals surface area contributed by atoms with E-state index >= 15 is 0 Å². The van der Waals surface area contributed by atoms with Crippen molar-refractivity contribution in [3.63, 3.8) is 0 Å². The van der Waals surface area contributed by atoms with Crippen LogP contribution >= 0.6 is 0 Å². The van der Waals surface area contributed by atoms with Gasteiger partial charge in [0.2, 0.25) is 0 Å². The molecule has 0 aromatic rings. The number of nitrogens with zero attached hydrogens (tertiary/aromatic N) is 1. The van der Waals surface area contributed by atoms with E-state index < -0.39 is 18.1 Å². The first-order chi connectivity index (χ1) is 27.6. The zero-order valence-corrected chi connectivity index (χ0v) is 37.5. The minimum atomic E-state index is -0.879. The highest BCUT2D eigenvalue weighted by molar-refractivity contribution is 5.72. The van der Waals surface area contributed by atoms with E-state index in [1.54, 1.807) is 0 Å². The standard InChI is InChI=1S/C49H87NO7/c1-6-8-10-12-14-16-18-20-22-23-24-26-27-29-31-33-35-37-39-47(51)56-44-45(43-55-42-41-46(49(53)54)50(3,4)5)57-48(52)40-38-36-34-32-30-28-25-21-19-17-15-13-11-9-7-2/h9,11,13,15,17,19,24,26,45-46H,6-8,10,12,14,16,18,20-23,25,27-44H2,1-5H3/p+1/b11-9+,15-13+,19-17+,26-24+. The molecule has 0 heterocycles. The molecule has 0 saturated carbocycles. The van der Waals surface area contributed by atoms with Crippen molar-refractivity contribution in [2.45, 2.75) is 206 Å². The van der Waals surface area contributed by atoms with Crippen LogP contribution in [0.3, 0.4) is 0 Å². The maximum Gasteiger partial charge on any atom is 0.362 e. The molecule has 330 valence electrons. The van der Waals surface area contributed by atoms with Crippen molar-refractivity contribution in [3.05, 3.63) is 48.6 Å². The van der Waals surface area contributed by atoms with Crippen LogP contribution in [0.15, 0.2) is 48.6 Å². The number of hydrogen-bond acceptors (Lipinski definition) is 6. The molecular formula is C49H88NO7+. The molecule has 0 fully saturated rings. The highest BCUT2D eigenvalue weighted by Crippen LogP contribution is 2.14. The van der Waals surface area contributed by atoms with Crippen LogP contribution in [-0.2, 0) is 28.6 Å². The normalized spacial score (nSPS) is 13.4. The van der Waals surface area contributed by atoms with Gasteiger partial charge in [0.15, 0.2) is 12.1 Å². The van der Waals surface area contributed by atoms with Crippen molar-refractivity contribution in [2.24, 2.45) is 0 Å². The van der Waals surface area contributed by atoms with Crippen LogP contribution in [0.5, 0.6) is 0 Å². The summed E-state index contributed by atoms with van der Waals surface area (Å²) in [6.45, 7) is 4.59. The molecule has 2 atom stereocenters. The number of rotatable bonds is 41. The Bertz CT molecular complexity index is 1070. The van der Waals surface area contributed by atoms with Gasteiger partial charge in [0.25, 0.3) is 0 Å². The molecule has 8 nitrogen and oxygen atoms in total. The summed E-state index contributed by atoms with van der Waals surface area (Å²) >= 11 is 0. The number of esters is 2. The smallest absolute Gasteiger partial charge is 0.362 e. The second-order valence-corrected chi connectivity index (χ2v) is 16.7. The van der Waals surface area contributed by atoms with Crippen LogP contribution in [0, 0.1) is 0 Å².